The summed E-state index contributed by atoms with van der Waals surface area (Å²) in [5, 5.41) is 2.97. The second kappa shape index (κ2) is 8.16. The molecule has 0 spiro atoms. The number of hydrogen-bond acceptors (Lipinski definition) is 4. The van der Waals surface area contributed by atoms with Crippen LogP contribution in [0.2, 0.25) is 0 Å². The van der Waals surface area contributed by atoms with Crippen molar-refractivity contribution in [1.29, 1.82) is 0 Å². The van der Waals surface area contributed by atoms with E-state index < -0.39 is 0 Å². The lowest BCUT2D eigenvalue weighted by atomic mass is 10.1. The van der Waals surface area contributed by atoms with Crippen LogP contribution in [0, 0.1) is 5.82 Å². The molecule has 5 nitrogen and oxygen atoms in total. The molecule has 2 heterocycles. The first kappa shape index (κ1) is 17.5. The molecule has 0 bridgehead atoms. The maximum Gasteiger partial charge on any atom is 0.219 e. The number of hydrogen-bond donors (Lipinski definition) is 1. The topological polar surface area (TPSA) is 48.7 Å². The number of halogens is 1. The van der Waals surface area contributed by atoms with Crippen molar-refractivity contribution in [3.8, 4) is 0 Å². The van der Waals surface area contributed by atoms with Gasteiger partial charge in [-0.1, -0.05) is 6.92 Å². The molecule has 2 aromatic rings. The average molecular weight is 345 g/mol. The van der Waals surface area contributed by atoms with Gasteiger partial charge in [0.05, 0.1) is 12.3 Å². The molecule has 134 valence electrons. The lowest BCUT2D eigenvalue weighted by Crippen LogP contribution is -2.49. The summed E-state index contributed by atoms with van der Waals surface area (Å²) in [6.45, 7) is 5.79. The molecule has 1 fully saturated rings. The minimum Gasteiger partial charge on any atom is -0.468 e. The van der Waals surface area contributed by atoms with Crippen molar-refractivity contribution in [2.75, 3.05) is 37.6 Å². The molecule has 0 radical (unpaired) electrons. The van der Waals surface area contributed by atoms with Gasteiger partial charge in [-0.15, -0.1) is 0 Å². The first-order valence-corrected chi connectivity index (χ1v) is 8.72. The molecule has 1 aromatic carbocycles. The number of amides is 1. The summed E-state index contributed by atoms with van der Waals surface area (Å²) < 4.78 is 18.7. The Bertz CT molecular complexity index is 664. The highest BCUT2D eigenvalue weighted by atomic mass is 19.1. The van der Waals surface area contributed by atoms with E-state index in [2.05, 4.69) is 15.1 Å². The number of nitrogens with zero attached hydrogens (tertiary/aromatic N) is 2. The van der Waals surface area contributed by atoms with Gasteiger partial charge in [0.1, 0.15) is 11.6 Å². The van der Waals surface area contributed by atoms with Crippen LogP contribution >= 0.6 is 0 Å². The van der Waals surface area contributed by atoms with Crippen LogP contribution in [0.4, 0.5) is 10.1 Å². The first-order chi connectivity index (χ1) is 12.2. The van der Waals surface area contributed by atoms with Gasteiger partial charge < -0.3 is 14.6 Å². The Kier molecular flexibility index (Phi) is 5.71. The lowest BCUT2D eigenvalue weighted by molar-refractivity contribution is -0.121. The summed E-state index contributed by atoms with van der Waals surface area (Å²) in [6, 6.07) is 10.5. The van der Waals surface area contributed by atoms with E-state index in [1.807, 2.05) is 31.2 Å². The van der Waals surface area contributed by atoms with Crippen LogP contribution in [-0.4, -0.2) is 43.5 Å². The summed E-state index contributed by atoms with van der Waals surface area (Å²) in [6.07, 6.45) is 2.14. The van der Waals surface area contributed by atoms with E-state index in [4.69, 9.17) is 4.42 Å². The molecule has 6 heteroatoms. The Morgan fingerprint density at radius 3 is 2.52 bits per heavy atom. The van der Waals surface area contributed by atoms with Gasteiger partial charge in [-0.05, 0) is 36.4 Å². The fourth-order valence-corrected chi connectivity index (χ4v) is 3.17. The summed E-state index contributed by atoms with van der Waals surface area (Å²) in [5.41, 5.74) is 1.04. The van der Waals surface area contributed by atoms with Crippen molar-refractivity contribution in [3.05, 3.63) is 54.2 Å². The molecule has 1 saturated heterocycles. The fraction of sp³-hybridized carbons (Fsp3) is 0.421. The fourth-order valence-electron chi connectivity index (χ4n) is 3.17. The van der Waals surface area contributed by atoms with E-state index in [1.54, 1.807) is 6.26 Å². The van der Waals surface area contributed by atoms with Crippen LogP contribution < -0.4 is 10.2 Å². The zero-order chi connectivity index (χ0) is 17.6. The second-order valence-corrected chi connectivity index (χ2v) is 6.19. The van der Waals surface area contributed by atoms with Gasteiger partial charge in [0.2, 0.25) is 5.91 Å². The highest BCUT2D eigenvalue weighted by Crippen LogP contribution is 2.24. The Balaban J connectivity index is 1.63. The standard InChI is InChI=1S/C19H24FN3O2/c1-2-19(24)21-14-17(18-4-3-13-25-18)23-11-9-22(10-12-23)16-7-5-15(20)6-8-16/h3-8,13,17H,2,9-12,14H2,1H3,(H,21,24)/t17-/m1/s1. The lowest BCUT2D eigenvalue weighted by Gasteiger charge is -2.39. The van der Waals surface area contributed by atoms with Gasteiger partial charge in [0, 0.05) is 44.8 Å². The van der Waals surface area contributed by atoms with Crippen molar-refractivity contribution < 1.29 is 13.6 Å². The van der Waals surface area contributed by atoms with Crippen LogP contribution in [0.5, 0.6) is 0 Å². The van der Waals surface area contributed by atoms with Crippen LogP contribution in [0.15, 0.2) is 47.1 Å². The first-order valence-electron chi connectivity index (χ1n) is 8.72. The number of rotatable bonds is 6. The van der Waals surface area contributed by atoms with Crippen molar-refractivity contribution >= 4 is 11.6 Å². The van der Waals surface area contributed by atoms with E-state index in [0.717, 1.165) is 37.6 Å². The number of anilines is 1. The van der Waals surface area contributed by atoms with Gasteiger partial charge in [-0.25, -0.2) is 4.39 Å². The maximum absolute atomic E-state index is 13.1. The van der Waals surface area contributed by atoms with E-state index in [0.29, 0.717) is 13.0 Å². The highest BCUT2D eigenvalue weighted by Gasteiger charge is 2.27. The van der Waals surface area contributed by atoms with Crippen LogP contribution in [-0.2, 0) is 4.79 Å². The van der Waals surface area contributed by atoms with Crippen molar-refractivity contribution in [1.82, 2.24) is 10.2 Å². The van der Waals surface area contributed by atoms with Gasteiger partial charge in [0.25, 0.3) is 0 Å². The quantitative estimate of drug-likeness (QED) is 0.875. The van der Waals surface area contributed by atoms with E-state index in [1.165, 1.54) is 12.1 Å². The monoisotopic (exact) mass is 345 g/mol. The third-order valence-electron chi connectivity index (χ3n) is 4.63. The average Bonchev–Trinajstić information content (AvgIpc) is 3.17. The van der Waals surface area contributed by atoms with Crippen molar-refractivity contribution in [3.63, 3.8) is 0 Å². The summed E-state index contributed by atoms with van der Waals surface area (Å²) in [4.78, 5) is 16.2. The Hall–Kier alpha value is -2.34. The number of benzene rings is 1. The number of furan rings is 1. The number of nitrogens with one attached hydrogen (secondary N) is 1. The SMILES string of the molecule is CCC(=O)NC[C@H](c1ccco1)N1CCN(c2ccc(F)cc2)CC1. The maximum atomic E-state index is 13.1. The number of carbonyl (C=O) groups excluding carboxylic acids is 1. The van der Waals surface area contributed by atoms with Crippen molar-refractivity contribution in [2.24, 2.45) is 0 Å². The van der Waals surface area contributed by atoms with Crippen LogP contribution in [0.3, 0.4) is 0 Å². The van der Waals surface area contributed by atoms with E-state index in [-0.39, 0.29) is 17.8 Å². The molecule has 1 aliphatic rings. The molecule has 1 aliphatic heterocycles. The van der Waals surface area contributed by atoms with Gasteiger partial charge in [-0.2, -0.15) is 0 Å². The predicted octanol–water partition coefficient (Wildman–Crippen LogP) is 2.81. The Morgan fingerprint density at radius 1 is 1.20 bits per heavy atom. The molecular formula is C19H24FN3O2. The molecule has 0 unspecified atom stereocenters. The molecule has 1 aromatic heterocycles. The zero-order valence-electron chi connectivity index (χ0n) is 14.5. The van der Waals surface area contributed by atoms with Gasteiger partial charge in [-0.3, -0.25) is 9.69 Å². The van der Waals surface area contributed by atoms with Crippen LogP contribution in [0.1, 0.15) is 25.1 Å². The minimum atomic E-state index is -0.216. The molecule has 3 rings (SSSR count). The largest absolute Gasteiger partial charge is 0.468 e. The highest BCUT2D eigenvalue weighted by molar-refractivity contribution is 5.75. The van der Waals surface area contributed by atoms with E-state index in [9.17, 15) is 9.18 Å². The van der Waals surface area contributed by atoms with E-state index >= 15 is 0 Å². The summed E-state index contributed by atoms with van der Waals surface area (Å²) in [5.74, 6) is 0.695. The minimum absolute atomic E-state index is 0.0286. The molecule has 1 atom stereocenters. The molecule has 1 amide bonds. The van der Waals surface area contributed by atoms with Gasteiger partial charge >= 0.3 is 0 Å². The number of piperazine rings is 1. The molecule has 0 saturated carbocycles. The third kappa shape index (κ3) is 4.39. The van der Waals surface area contributed by atoms with Crippen LogP contribution in [0.25, 0.3) is 0 Å². The summed E-state index contributed by atoms with van der Waals surface area (Å²) >= 11 is 0. The zero-order valence-corrected chi connectivity index (χ0v) is 14.5. The third-order valence-corrected chi connectivity index (χ3v) is 4.63. The normalized spacial score (nSPS) is 16.6. The molecule has 25 heavy (non-hydrogen) atoms. The number of carbonyl (C=O) groups is 1. The molecular weight excluding hydrogens is 321 g/mol. The summed E-state index contributed by atoms with van der Waals surface area (Å²) in [7, 11) is 0. The molecule has 0 aliphatic carbocycles. The second-order valence-electron chi connectivity index (χ2n) is 6.19. The Morgan fingerprint density at radius 2 is 1.92 bits per heavy atom. The Labute approximate surface area is 147 Å². The smallest absolute Gasteiger partial charge is 0.219 e. The van der Waals surface area contributed by atoms with Crippen molar-refractivity contribution in [2.45, 2.75) is 19.4 Å². The predicted molar refractivity (Wildman–Crippen MR) is 94.9 cm³/mol. The van der Waals surface area contributed by atoms with Gasteiger partial charge in [0.15, 0.2) is 0 Å². The molecule has 1 N–H and O–H groups in total.